The Bertz CT molecular complexity index is 151. The molecule has 1 nitrogen and oxygen atoms in total. The number of hydrogen-bond donors (Lipinski definition) is 0. The summed E-state index contributed by atoms with van der Waals surface area (Å²) in [4.78, 5) is 0. The predicted molar refractivity (Wildman–Crippen MR) is 68.2 cm³/mol. The molecule has 0 fully saturated rings. The van der Waals surface area contributed by atoms with Crippen molar-refractivity contribution in [1.29, 1.82) is 0 Å². The molecule has 2 atom stereocenters. The van der Waals surface area contributed by atoms with Gasteiger partial charge in [-0.15, -0.1) is 0 Å². The summed E-state index contributed by atoms with van der Waals surface area (Å²) < 4.78 is 5.70. The Morgan fingerprint density at radius 1 is 1.07 bits per heavy atom. The first kappa shape index (κ1) is 14.7. The summed E-state index contributed by atoms with van der Waals surface area (Å²) in [6.45, 7) is 9.73. The van der Waals surface area contributed by atoms with Gasteiger partial charge in [-0.1, -0.05) is 45.8 Å². The first-order valence-electron chi connectivity index (χ1n) is 6.48. The highest BCUT2D eigenvalue weighted by Gasteiger charge is 2.09. The van der Waals surface area contributed by atoms with Crippen molar-refractivity contribution < 1.29 is 4.74 Å². The van der Waals surface area contributed by atoms with E-state index in [4.69, 9.17) is 4.74 Å². The van der Waals surface area contributed by atoms with Gasteiger partial charge in [0.1, 0.15) is 0 Å². The van der Waals surface area contributed by atoms with Crippen LogP contribution in [0.5, 0.6) is 0 Å². The lowest BCUT2D eigenvalue weighted by atomic mass is 10.0. The third-order valence-corrected chi connectivity index (χ3v) is 2.79. The number of allylic oxidation sites excluding steroid dienone is 2. The second-order valence-electron chi connectivity index (χ2n) is 4.40. The monoisotopic (exact) mass is 212 g/mol. The van der Waals surface area contributed by atoms with Crippen molar-refractivity contribution in [3.05, 3.63) is 12.2 Å². The molecular weight excluding hydrogens is 184 g/mol. The van der Waals surface area contributed by atoms with Crippen molar-refractivity contribution >= 4 is 0 Å². The Kier molecular flexibility index (Phi) is 10.0. The van der Waals surface area contributed by atoms with Crippen LogP contribution in [0.25, 0.3) is 0 Å². The van der Waals surface area contributed by atoms with E-state index in [1.807, 2.05) is 0 Å². The van der Waals surface area contributed by atoms with Crippen LogP contribution >= 0.6 is 0 Å². The standard InChI is InChI=1S/C14H28O/c1-5-7-8-9-10-11-13(3)14(4)15-12-6-2/h9-10,13-14H,5-8,11-12H2,1-4H3/b10-9+. The van der Waals surface area contributed by atoms with E-state index in [2.05, 4.69) is 39.8 Å². The Hall–Kier alpha value is -0.300. The highest BCUT2D eigenvalue weighted by Crippen LogP contribution is 2.12. The van der Waals surface area contributed by atoms with Crippen LogP contribution in [-0.4, -0.2) is 12.7 Å². The molecule has 0 spiro atoms. The molecule has 0 heterocycles. The molecule has 0 aliphatic carbocycles. The van der Waals surface area contributed by atoms with Gasteiger partial charge in [0.15, 0.2) is 0 Å². The van der Waals surface area contributed by atoms with Gasteiger partial charge in [-0.25, -0.2) is 0 Å². The highest BCUT2D eigenvalue weighted by molar-refractivity contribution is 4.84. The summed E-state index contributed by atoms with van der Waals surface area (Å²) >= 11 is 0. The predicted octanol–water partition coefficient (Wildman–Crippen LogP) is 4.57. The van der Waals surface area contributed by atoms with Crippen molar-refractivity contribution in [2.45, 2.75) is 65.9 Å². The molecule has 0 N–H and O–H groups in total. The van der Waals surface area contributed by atoms with Crippen LogP contribution in [-0.2, 0) is 4.74 Å². The molecule has 0 saturated carbocycles. The molecule has 0 saturated heterocycles. The Labute approximate surface area is 95.9 Å². The maximum Gasteiger partial charge on any atom is 0.0575 e. The van der Waals surface area contributed by atoms with Crippen molar-refractivity contribution in [3.63, 3.8) is 0 Å². The summed E-state index contributed by atoms with van der Waals surface area (Å²) in [5.41, 5.74) is 0. The maximum atomic E-state index is 5.70. The van der Waals surface area contributed by atoms with Gasteiger partial charge < -0.3 is 4.74 Å². The summed E-state index contributed by atoms with van der Waals surface area (Å²) in [5, 5.41) is 0. The van der Waals surface area contributed by atoms with E-state index in [1.54, 1.807) is 0 Å². The van der Waals surface area contributed by atoms with Gasteiger partial charge in [-0.2, -0.15) is 0 Å². The van der Waals surface area contributed by atoms with Crippen LogP contribution in [0.1, 0.15) is 59.8 Å². The van der Waals surface area contributed by atoms with Crippen LogP contribution in [0, 0.1) is 5.92 Å². The number of rotatable bonds is 9. The number of hydrogen-bond acceptors (Lipinski definition) is 1. The maximum absolute atomic E-state index is 5.70. The number of ether oxygens (including phenoxy) is 1. The molecular formula is C14H28O. The second kappa shape index (κ2) is 10.2. The summed E-state index contributed by atoms with van der Waals surface area (Å²) in [6.07, 6.45) is 11.1. The largest absolute Gasteiger partial charge is 0.378 e. The average Bonchev–Trinajstić information content (AvgIpc) is 2.25. The first-order chi connectivity index (χ1) is 7.22. The fraction of sp³-hybridized carbons (Fsp3) is 0.857. The van der Waals surface area contributed by atoms with E-state index < -0.39 is 0 Å². The molecule has 0 aliphatic heterocycles. The smallest absolute Gasteiger partial charge is 0.0575 e. The molecule has 0 radical (unpaired) electrons. The van der Waals surface area contributed by atoms with E-state index in [0.29, 0.717) is 12.0 Å². The minimum Gasteiger partial charge on any atom is -0.378 e. The Morgan fingerprint density at radius 3 is 2.40 bits per heavy atom. The fourth-order valence-corrected chi connectivity index (χ4v) is 1.41. The van der Waals surface area contributed by atoms with Gasteiger partial charge in [0.25, 0.3) is 0 Å². The SMILES string of the molecule is CCCC/C=C/CC(C)C(C)OCCC. The van der Waals surface area contributed by atoms with E-state index in [1.165, 1.54) is 19.3 Å². The minimum absolute atomic E-state index is 0.390. The zero-order chi connectivity index (χ0) is 11.5. The zero-order valence-electron chi connectivity index (χ0n) is 11.0. The highest BCUT2D eigenvalue weighted by atomic mass is 16.5. The summed E-state index contributed by atoms with van der Waals surface area (Å²) in [6, 6.07) is 0. The van der Waals surface area contributed by atoms with Crippen LogP contribution in [0.15, 0.2) is 12.2 Å². The van der Waals surface area contributed by atoms with Gasteiger partial charge in [0.2, 0.25) is 0 Å². The third kappa shape index (κ3) is 8.68. The molecule has 2 unspecified atom stereocenters. The molecule has 15 heavy (non-hydrogen) atoms. The van der Waals surface area contributed by atoms with E-state index in [9.17, 15) is 0 Å². The van der Waals surface area contributed by atoms with Crippen LogP contribution in [0.4, 0.5) is 0 Å². The van der Waals surface area contributed by atoms with E-state index >= 15 is 0 Å². The lowest BCUT2D eigenvalue weighted by Gasteiger charge is -2.18. The molecule has 0 rings (SSSR count). The second-order valence-corrected chi connectivity index (χ2v) is 4.40. The van der Waals surface area contributed by atoms with Crippen LogP contribution in [0.2, 0.25) is 0 Å². The van der Waals surface area contributed by atoms with Crippen molar-refractivity contribution in [1.82, 2.24) is 0 Å². The third-order valence-electron chi connectivity index (χ3n) is 2.79. The van der Waals surface area contributed by atoms with E-state index in [0.717, 1.165) is 19.4 Å². The fourth-order valence-electron chi connectivity index (χ4n) is 1.41. The molecule has 1 heteroatoms. The molecule has 0 aromatic heterocycles. The molecule has 0 aromatic carbocycles. The first-order valence-corrected chi connectivity index (χ1v) is 6.48. The lowest BCUT2D eigenvalue weighted by Crippen LogP contribution is -2.18. The van der Waals surface area contributed by atoms with Crippen LogP contribution in [0.3, 0.4) is 0 Å². The molecule has 0 aliphatic rings. The number of unbranched alkanes of at least 4 members (excludes halogenated alkanes) is 2. The van der Waals surface area contributed by atoms with Gasteiger partial charge in [-0.3, -0.25) is 0 Å². The Balaban J connectivity index is 3.53. The van der Waals surface area contributed by atoms with Gasteiger partial charge in [-0.05, 0) is 32.1 Å². The van der Waals surface area contributed by atoms with Crippen LogP contribution < -0.4 is 0 Å². The molecule has 90 valence electrons. The van der Waals surface area contributed by atoms with E-state index in [-0.39, 0.29) is 0 Å². The minimum atomic E-state index is 0.390. The quantitative estimate of drug-likeness (QED) is 0.402. The molecule has 0 amide bonds. The normalized spacial score (nSPS) is 15.7. The summed E-state index contributed by atoms with van der Waals surface area (Å²) in [7, 11) is 0. The van der Waals surface area contributed by atoms with Gasteiger partial charge in [0.05, 0.1) is 6.10 Å². The summed E-state index contributed by atoms with van der Waals surface area (Å²) in [5.74, 6) is 0.634. The zero-order valence-corrected chi connectivity index (χ0v) is 11.0. The van der Waals surface area contributed by atoms with Gasteiger partial charge >= 0.3 is 0 Å². The molecule has 0 aromatic rings. The van der Waals surface area contributed by atoms with Crippen molar-refractivity contribution in [2.75, 3.05) is 6.61 Å². The van der Waals surface area contributed by atoms with Gasteiger partial charge in [0, 0.05) is 6.61 Å². The molecule has 0 bridgehead atoms. The van der Waals surface area contributed by atoms with Crippen molar-refractivity contribution in [2.24, 2.45) is 5.92 Å². The average molecular weight is 212 g/mol. The lowest BCUT2D eigenvalue weighted by molar-refractivity contribution is 0.0315. The van der Waals surface area contributed by atoms with Crippen molar-refractivity contribution in [3.8, 4) is 0 Å². The topological polar surface area (TPSA) is 9.23 Å². The Morgan fingerprint density at radius 2 is 1.80 bits per heavy atom.